The smallest absolute Gasteiger partial charge is 0.160 e. The normalized spacial score (nSPS) is 11.3. The molecule has 3 aromatic heterocycles. The van der Waals surface area contributed by atoms with Crippen molar-refractivity contribution in [2.45, 2.75) is 25.8 Å². The quantitative estimate of drug-likeness (QED) is 0.694. The molecule has 0 aliphatic heterocycles. The third-order valence-electron chi connectivity index (χ3n) is 3.01. The van der Waals surface area contributed by atoms with Crippen molar-refractivity contribution in [1.82, 2.24) is 19.5 Å². The fourth-order valence-corrected chi connectivity index (χ4v) is 2.86. The van der Waals surface area contributed by atoms with Crippen LogP contribution in [0.15, 0.2) is 23.0 Å². The molecule has 0 saturated heterocycles. The van der Waals surface area contributed by atoms with E-state index >= 15 is 0 Å². The molecule has 98 valence electrons. The molecule has 0 unspecified atom stereocenters. The predicted octanol–water partition coefficient (Wildman–Crippen LogP) is 3.18. The van der Waals surface area contributed by atoms with E-state index in [0.29, 0.717) is 5.88 Å². The van der Waals surface area contributed by atoms with Gasteiger partial charge in [-0.05, 0) is 19.1 Å². The standard InChI is InChI=1S/C13H13ClN4S/c1-9-2-3-11-13(16-9)18(12(6-14)17-11)5-4-10-7-19-8-15-10/h2-3,7-8H,4-6H2,1H3. The average molecular weight is 293 g/mol. The maximum Gasteiger partial charge on any atom is 0.160 e. The Labute approximate surface area is 120 Å². The van der Waals surface area contributed by atoms with Crippen LogP contribution in [0.1, 0.15) is 17.2 Å². The molecule has 0 spiro atoms. The van der Waals surface area contributed by atoms with Gasteiger partial charge in [0.25, 0.3) is 0 Å². The highest BCUT2D eigenvalue weighted by molar-refractivity contribution is 7.07. The van der Waals surface area contributed by atoms with Gasteiger partial charge in [0.05, 0.1) is 17.1 Å². The number of aromatic nitrogens is 4. The van der Waals surface area contributed by atoms with Crippen LogP contribution in [-0.4, -0.2) is 19.5 Å². The lowest BCUT2D eigenvalue weighted by molar-refractivity contribution is 0.674. The Kier molecular flexibility index (Phi) is 3.48. The first-order valence-electron chi connectivity index (χ1n) is 6.03. The summed E-state index contributed by atoms with van der Waals surface area (Å²) in [5, 5.41) is 2.07. The number of imidazole rings is 1. The Hall–Kier alpha value is -1.46. The molecule has 0 N–H and O–H groups in total. The van der Waals surface area contributed by atoms with Crippen LogP contribution in [0.25, 0.3) is 11.2 Å². The van der Waals surface area contributed by atoms with Crippen molar-refractivity contribution in [1.29, 1.82) is 0 Å². The molecule has 0 fully saturated rings. The van der Waals surface area contributed by atoms with Crippen LogP contribution < -0.4 is 0 Å². The zero-order valence-electron chi connectivity index (χ0n) is 10.5. The van der Waals surface area contributed by atoms with E-state index in [1.165, 1.54) is 0 Å². The lowest BCUT2D eigenvalue weighted by Crippen LogP contribution is -2.06. The summed E-state index contributed by atoms with van der Waals surface area (Å²) in [6.45, 7) is 2.79. The molecule has 3 heterocycles. The van der Waals surface area contributed by atoms with E-state index in [-0.39, 0.29) is 0 Å². The number of thiazole rings is 1. The van der Waals surface area contributed by atoms with Crippen LogP contribution in [0, 0.1) is 6.92 Å². The van der Waals surface area contributed by atoms with E-state index in [9.17, 15) is 0 Å². The number of hydrogen-bond acceptors (Lipinski definition) is 4. The van der Waals surface area contributed by atoms with Gasteiger partial charge in [-0.25, -0.2) is 15.0 Å². The summed E-state index contributed by atoms with van der Waals surface area (Å²) in [6.07, 6.45) is 0.870. The van der Waals surface area contributed by atoms with E-state index in [1.54, 1.807) is 11.3 Å². The molecule has 0 radical (unpaired) electrons. The largest absolute Gasteiger partial charge is 0.311 e. The average Bonchev–Trinajstić information content (AvgIpc) is 3.03. The number of nitrogens with zero attached hydrogens (tertiary/aromatic N) is 4. The van der Waals surface area contributed by atoms with Gasteiger partial charge in [0.2, 0.25) is 0 Å². The maximum absolute atomic E-state index is 5.98. The molecule has 3 rings (SSSR count). The number of hydrogen-bond donors (Lipinski definition) is 0. The van der Waals surface area contributed by atoms with Crippen molar-refractivity contribution in [2.75, 3.05) is 0 Å². The van der Waals surface area contributed by atoms with E-state index in [1.807, 2.05) is 24.6 Å². The van der Waals surface area contributed by atoms with Gasteiger partial charge in [-0.15, -0.1) is 22.9 Å². The van der Waals surface area contributed by atoms with Crippen molar-refractivity contribution < 1.29 is 0 Å². The number of pyridine rings is 1. The van der Waals surface area contributed by atoms with E-state index in [4.69, 9.17) is 11.6 Å². The second-order valence-electron chi connectivity index (χ2n) is 4.34. The second kappa shape index (κ2) is 5.27. The lowest BCUT2D eigenvalue weighted by atomic mass is 10.3. The zero-order valence-corrected chi connectivity index (χ0v) is 12.1. The third-order valence-corrected chi connectivity index (χ3v) is 3.88. The lowest BCUT2D eigenvalue weighted by Gasteiger charge is -2.06. The Morgan fingerprint density at radius 1 is 1.32 bits per heavy atom. The monoisotopic (exact) mass is 292 g/mol. The molecule has 6 heteroatoms. The first-order chi connectivity index (χ1) is 9.28. The highest BCUT2D eigenvalue weighted by Crippen LogP contribution is 2.17. The Bertz CT molecular complexity index is 690. The summed E-state index contributed by atoms with van der Waals surface area (Å²) in [5.41, 5.74) is 5.75. The minimum atomic E-state index is 0.395. The van der Waals surface area contributed by atoms with Crippen molar-refractivity contribution in [3.8, 4) is 0 Å². The molecule has 4 nitrogen and oxygen atoms in total. The first-order valence-corrected chi connectivity index (χ1v) is 7.51. The molecule has 19 heavy (non-hydrogen) atoms. The van der Waals surface area contributed by atoms with Gasteiger partial charge in [-0.1, -0.05) is 0 Å². The minimum absolute atomic E-state index is 0.395. The summed E-state index contributed by atoms with van der Waals surface area (Å²) in [6, 6.07) is 3.96. The summed E-state index contributed by atoms with van der Waals surface area (Å²) in [5.74, 6) is 1.26. The molecule has 0 amide bonds. The molecule has 0 atom stereocenters. The third kappa shape index (κ3) is 2.48. The number of halogens is 1. The number of rotatable bonds is 4. The van der Waals surface area contributed by atoms with Gasteiger partial charge >= 0.3 is 0 Å². The number of alkyl halides is 1. The molecule has 0 aliphatic carbocycles. The fraction of sp³-hybridized carbons (Fsp3) is 0.308. The molecule has 0 bridgehead atoms. The van der Waals surface area contributed by atoms with Crippen LogP contribution in [0.4, 0.5) is 0 Å². The number of fused-ring (bicyclic) bond motifs is 1. The van der Waals surface area contributed by atoms with Crippen molar-refractivity contribution in [3.05, 3.63) is 40.2 Å². The van der Waals surface area contributed by atoms with Crippen LogP contribution in [-0.2, 0) is 18.8 Å². The van der Waals surface area contributed by atoms with Crippen LogP contribution in [0.2, 0.25) is 0 Å². The van der Waals surface area contributed by atoms with Crippen molar-refractivity contribution in [3.63, 3.8) is 0 Å². The predicted molar refractivity (Wildman–Crippen MR) is 77.6 cm³/mol. The van der Waals surface area contributed by atoms with E-state index in [2.05, 4.69) is 24.9 Å². The molecule has 0 aromatic carbocycles. The maximum atomic E-state index is 5.98. The molecular formula is C13H13ClN4S. The van der Waals surface area contributed by atoms with Crippen LogP contribution in [0.3, 0.4) is 0 Å². The van der Waals surface area contributed by atoms with Gasteiger partial charge in [0, 0.05) is 24.0 Å². The van der Waals surface area contributed by atoms with Gasteiger partial charge in [0.1, 0.15) is 11.3 Å². The van der Waals surface area contributed by atoms with Crippen molar-refractivity contribution >= 4 is 34.1 Å². The number of aryl methyl sites for hydroxylation is 3. The highest BCUT2D eigenvalue weighted by atomic mass is 35.5. The SMILES string of the molecule is Cc1ccc2nc(CCl)n(CCc3cscn3)c2n1. The summed E-state index contributed by atoms with van der Waals surface area (Å²) >= 11 is 7.59. The Morgan fingerprint density at radius 3 is 2.95 bits per heavy atom. The minimum Gasteiger partial charge on any atom is -0.311 e. The van der Waals surface area contributed by atoms with Gasteiger partial charge < -0.3 is 4.57 Å². The van der Waals surface area contributed by atoms with Crippen LogP contribution >= 0.6 is 22.9 Å². The van der Waals surface area contributed by atoms with E-state index in [0.717, 1.165) is 41.3 Å². The van der Waals surface area contributed by atoms with Crippen molar-refractivity contribution in [2.24, 2.45) is 0 Å². The summed E-state index contributed by atoms with van der Waals surface area (Å²) in [7, 11) is 0. The Morgan fingerprint density at radius 2 is 2.21 bits per heavy atom. The zero-order chi connectivity index (χ0) is 13.2. The highest BCUT2D eigenvalue weighted by Gasteiger charge is 2.11. The van der Waals surface area contributed by atoms with Crippen LogP contribution in [0.5, 0.6) is 0 Å². The molecule has 0 saturated carbocycles. The molecule has 3 aromatic rings. The van der Waals surface area contributed by atoms with E-state index < -0.39 is 0 Å². The fourth-order valence-electron chi connectivity index (χ4n) is 2.07. The topological polar surface area (TPSA) is 43.6 Å². The summed E-state index contributed by atoms with van der Waals surface area (Å²) < 4.78 is 2.09. The Balaban J connectivity index is 1.97. The van der Waals surface area contributed by atoms with Gasteiger partial charge in [-0.2, -0.15) is 0 Å². The van der Waals surface area contributed by atoms with Gasteiger partial charge in [-0.3, -0.25) is 0 Å². The van der Waals surface area contributed by atoms with Gasteiger partial charge in [0.15, 0.2) is 5.65 Å². The molecular weight excluding hydrogens is 280 g/mol. The molecule has 0 aliphatic rings. The first kappa shape index (κ1) is 12.6. The second-order valence-corrected chi connectivity index (χ2v) is 5.32. The summed E-state index contributed by atoms with van der Waals surface area (Å²) in [4.78, 5) is 13.4.